The highest BCUT2D eigenvalue weighted by atomic mass is 16.5. The monoisotopic (exact) mass is 732 g/mol. The molecule has 0 saturated carbocycles. The van der Waals surface area contributed by atoms with E-state index in [0.717, 1.165) is 0 Å². The van der Waals surface area contributed by atoms with Crippen LogP contribution in [0, 0.1) is 11.8 Å². The number of imide groups is 2. The summed E-state index contributed by atoms with van der Waals surface area (Å²) in [5, 5.41) is 6.21. The zero-order chi connectivity index (χ0) is 39.2. The Morgan fingerprint density at radius 2 is 0.942 bits per heavy atom. The van der Waals surface area contributed by atoms with E-state index in [1.165, 1.54) is 23.6 Å². The number of ether oxygens (including phenoxy) is 2. The highest BCUT2D eigenvalue weighted by molar-refractivity contribution is 6.09. The number of hydrogen-bond donors (Lipinski definition) is 2. The summed E-state index contributed by atoms with van der Waals surface area (Å²) in [4.78, 5) is 86.8. The van der Waals surface area contributed by atoms with Gasteiger partial charge in [-0.15, -0.1) is 0 Å². The second kappa shape index (κ2) is 14.5. The van der Waals surface area contributed by atoms with Gasteiger partial charge >= 0.3 is 24.0 Å². The van der Waals surface area contributed by atoms with Gasteiger partial charge in [-0.2, -0.15) is 0 Å². The number of urea groups is 2. The summed E-state index contributed by atoms with van der Waals surface area (Å²) in [5.41, 5.74) is -4.45. The van der Waals surface area contributed by atoms with Gasteiger partial charge in [0.15, 0.2) is 0 Å². The minimum atomic E-state index is -1.19. The normalized spacial score (nSPS) is 38.3. The Morgan fingerprint density at radius 3 is 1.21 bits per heavy atom. The van der Waals surface area contributed by atoms with Gasteiger partial charge < -0.3 is 20.1 Å². The van der Waals surface area contributed by atoms with Crippen LogP contribution >= 0.6 is 0 Å². The Bertz CT molecular complexity index is 1350. The zero-order valence-electron chi connectivity index (χ0n) is 33.7. The van der Waals surface area contributed by atoms with Crippen molar-refractivity contribution >= 4 is 35.8 Å². The number of amides is 6. The smallest absolute Gasteiger partial charge is 0.325 e. The molecule has 0 aromatic heterocycles. The molecule has 0 aromatic rings. The maximum atomic E-state index is 14.6. The molecule has 294 valence electrons. The van der Waals surface area contributed by atoms with E-state index in [1.807, 2.05) is 13.8 Å². The van der Waals surface area contributed by atoms with Crippen LogP contribution in [0.25, 0.3) is 0 Å². The summed E-state index contributed by atoms with van der Waals surface area (Å²) < 4.78 is 10.7. The molecular weight excluding hydrogens is 668 g/mol. The predicted octanol–water partition coefficient (Wildman–Crippen LogP) is 4.05. The molecule has 14 heteroatoms. The molecular formula is C38H64N6O8. The molecule has 4 aliphatic heterocycles. The standard InChI is InChI=1S/C38H64N6O8/c1-13-33(9)23-37(25(5)35(11,15-3)43(33)19-21-51-27(7)45)29(47)41(31(49)39-37)17-18-42-30(48)38(40-32(42)50)24-34(10,14-2)44(20-22-52-28(8)46)36(12,16-4)26(38)6/h25-26H,13-24H2,1-12H3,(H,39,49)(H,40,50). The maximum absolute atomic E-state index is 14.6. The number of hydrogen-bond acceptors (Lipinski definition) is 10. The third-order valence-electron chi connectivity index (χ3n) is 14.3. The quantitative estimate of drug-likeness (QED) is 0.209. The van der Waals surface area contributed by atoms with E-state index < -0.39 is 45.3 Å². The van der Waals surface area contributed by atoms with Crippen LogP contribution in [-0.2, 0) is 28.7 Å². The first-order valence-corrected chi connectivity index (χ1v) is 19.2. The summed E-state index contributed by atoms with van der Waals surface area (Å²) >= 11 is 0. The minimum Gasteiger partial charge on any atom is -0.465 e. The second-order valence-corrected chi connectivity index (χ2v) is 16.6. The van der Waals surface area contributed by atoms with Crippen molar-refractivity contribution in [3.63, 3.8) is 0 Å². The number of rotatable bonds is 13. The molecule has 4 heterocycles. The van der Waals surface area contributed by atoms with E-state index in [9.17, 15) is 28.8 Å². The van der Waals surface area contributed by atoms with Gasteiger partial charge in [-0.05, 0) is 66.2 Å². The van der Waals surface area contributed by atoms with Crippen LogP contribution < -0.4 is 10.6 Å². The van der Waals surface area contributed by atoms with E-state index in [2.05, 4.69) is 75.8 Å². The number of carbonyl (C=O) groups excluding carboxylic acids is 6. The molecule has 0 aliphatic carbocycles. The second-order valence-electron chi connectivity index (χ2n) is 16.6. The molecule has 4 fully saturated rings. The summed E-state index contributed by atoms with van der Waals surface area (Å²) in [6.07, 6.45) is 3.47. The van der Waals surface area contributed by atoms with E-state index in [1.54, 1.807) is 0 Å². The third-order valence-corrected chi connectivity index (χ3v) is 14.3. The number of piperidine rings is 2. The van der Waals surface area contributed by atoms with Crippen LogP contribution in [0.4, 0.5) is 9.59 Å². The molecule has 0 bridgehead atoms. The van der Waals surface area contributed by atoms with Gasteiger partial charge in [0.1, 0.15) is 24.3 Å². The number of nitrogens with zero attached hydrogens (tertiary/aromatic N) is 4. The van der Waals surface area contributed by atoms with Crippen molar-refractivity contribution in [3.8, 4) is 0 Å². The number of nitrogens with one attached hydrogen (secondary N) is 2. The van der Waals surface area contributed by atoms with Crippen LogP contribution in [0.1, 0.15) is 122 Å². The zero-order valence-corrected chi connectivity index (χ0v) is 33.7. The Balaban J connectivity index is 1.58. The Morgan fingerprint density at radius 1 is 0.615 bits per heavy atom. The molecule has 8 atom stereocenters. The van der Waals surface area contributed by atoms with Crippen LogP contribution in [0.5, 0.6) is 0 Å². The fourth-order valence-electron chi connectivity index (χ4n) is 10.4. The van der Waals surface area contributed by atoms with Gasteiger partial charge in [0.2, 0.25) is 0 Å². The molecule has 14 nitrogen and oxygen atoms in total. The molecule has 0 aromatic carbocycles. The van der Waals surface area contributed by atoms with E-state index in [4.69, 9.17) is 9.47 Å². The number of esters is 2. The average molecular weight is 733 g/mol. The minimum absolute atomic E-state index is 0.130. The average Bonchev–Trinajstić information content (AvgIpc) is 3.47. The highest BCUT2D eigenvalue weighted by Crippen LogP contribution is 2.53. The van der Waals surface area contributed by atoms with Crippen molar-refractivity contribution in [2.24, 2.45) is 11.8 Å². The van der Waals surface area contributed by atoms with Crippen LogP contribution in [-0.4, -0.2) is 128 Å². The van der Waals surface area contributed by atoms with Gasteiger partial charge in [-0.3, -0.25) is 38.8 Å². The third kappa shape index (κ3) is 6.39. The molecule has 8 unspecified atom stereocenters. The lowest BCUT2D eigenvalue weighted by atomic mass is 9.60. The van der Waals surface area contributed by atoms with Gasteiger partial charge in [0.25, 0.3) is 11.8 Å². The van der Waals surface area contributed by atoms with Gasteiger partial charge in [0, 0.05) is 74.0 Å². The summed E-state index contributed by atoms with van der Waals surface area (Å²) in [7, 11) is 0. The molecule has 4 aliphatic rings. The Labute approximate surface area is 310 Å². The lowest BCUT2D eigenvalue weighted by Crippen LogP contribution is -2.76. The number of carbonyl (C=O) groups is 6. The summed E-state index contributed by atoms with van der Waals surface area (Å²) in [6, 6.07) is -1.06. The summed E-state index contributed by atoms with van der Waals surface area (Å²) in [5.74, 6) is -2.02. The first-order chi connectivity index (χ1) is 24.1. The van der Waals surface area contributed by atoms with Crippen molar-refractivity contribution < 1.29 is 38.2 Å². The first-order valence-electron chi connectivity index (χ1n) is 19.2. The topological polar surface area (TPSA) is 158 Å². The van der Waals surface area contributed by atoms with Gasteiger partial charge in [-0.1, -0.05) is 41.5 Å². The molecule has 0 radical (unpaired) electrons. The highest BCUT2D eigenvalue weighted by Gasteiger charge is 2.68. The van der Waals surface area contributed by atoms with Crippen molar-refractivity contribution in [1.29, 1.82) is 0 Å². The lowest BCUT2D eigenvalue weighted by Gasteiger charge is -2.63. The fraction of sp³-hybridized carbons (Fsp3) is 0.842. The fourth-order valence-corrected chi connectivity index (χ4v) is 10.4. The first kappa shape index (κ1) is 41.5. The predicted molar refractivity (Wildman–Crippen MR) is 195 cm³/mol. The maximum Gasteiger partial charge on any atom is 0.325 e. The molecule has 52 heavy (non-hydrogen) atoms. The van der Waals surface area contributed by atoms with Crippen molar-refractivity contribution in [2.45, 2.75) is 155 Å². The van der Waals surface area contributed by atoms with E-state index in [-0.39, 0.29) is 61.9 Å². The van der Waals surface area contributed by atoms with Crippen LogP contribution in [0.2, 0.25) is 0 Å². The lowest BCUT2D eigenvalue weighted by molar-refractivity contribution is -0.161. The van der Waals surface area contributed by atoms with Crippen LogP contribution in [0.15, 0.2) is 0 Å². The van der Waals surface area contributed by atoms with E-state index >= 15 is 0 Å². The van der Waals surface area contributed by atoms with Gasteiger partial charge in [-0.25, -0.2) is 9.59 Å². The summed E-state index contributed by atoms with van der Waals surface area (Å²) in [6.45, 7) is 24.6. The van der Waals surface area contributed by atoms with Crippen molar-refractivity contribution in [2.75, 3.05) is 39.4 Å². The number of likely N-dealkylation sites (tertiary alicyclic amines) is 2. The molecule has 4 saturated heterocycles. The van der Waals surface area contributed by atoms with Crippen molar-refractivity contribution in [3.05, 3.63) is 0 Å². The molecule has 4 rings (SSSR count). The Kier molecular flexibility index (Phi) is 11.6. The largest absolute Gasteiger partial charge is 0.465 e. The van der Waals surface area contributed by atoms with Crippen molar-refractivity contribution in [1.82, 2.24) is 30.2 Å². The Hall–Kier alpha value is -3.26. The molecule has 2 N–H and O–H groups in total. The molecule has 2 spiro atoms. The SMILES string of the molecule is CCC1(C)CC2(NC(=O)N(CCN3C(=O)NC4(CC(C)(CC)N(CCOC(C)=O)C(C)(CC)C4C)C3=O)C2=O)C(C)C(C)(CC)N1CCOC(C)=O. The molecule has 6 amide bonds. The van der Waals surface area contributed by atoms with E-state index in [0.29, 0.717) is 51.6 Å². The van der Waals surface area contributed by atoms with Crippen LogP contribution in [0.3, 0.4) is 0 Å². The van der Waals surface area contributed by atoms with Gasteiger partial charge in [0.05, 0.1) is 0 Å².